The van der Waals surface area contributed by atoms with E-state index in [1.165, 1.54) is 0 Å². The summed E-state index contributed by atoms with van der Waals surface area (Å²) in [5.74, 6) is 0.0331. The van der Waals surface area contributed by atoms with Crippen molar-refractivity contribution in [2.24, 2.45) is 5.10 Å². The molecule has 2 rings (SSSR count). The predicted molar refractivity (Wildman–Crippen MR) is 111 cm³/mol. The highest BCUT2D eigenvalue weighted by Gasteiger charge is 2.10. The molecule has 6 nitrogen and oxygen atoms in total. The molecule has 0 unspecified atom stereocenters. The van der Waals surface area contributed by atoms with Crippen LogP contribution in [0.1, 0.15) is 29.3 Å². The molecule has 2 N–H and O–H groups in total. The van der Waals surface area contributed by atoms with E-state index >= 15 is 0 Å². The highest BCUT2D eigenvalue weighted by Crippen LogP contribution is 2.25. The van der Waals surface area contributed by atoms with Gasteiger partial charge in [0.1, 0.15) is 5.75 Å². The number of hydrogen-bond donors (Lipinski definition) is 2. The average molecular weight is 465 g/mol. The Bertz CT molecular complexity index is 832. The van der Waals surface area contributed by atoms with E-state index in [9.17, 15) is 9.59 Å². The standard InChI is InChI=1S/C19H20IN3O3/c1-12-4-9-17(26-3)16(10-12)21-18(24)11-13(2)22-23-19(25)14-5-7-15(20)8-6-14/h4-10H,11H2,1-3H3,(H,21,24)(H,23,25). The molecule has 2 aromatic rings. The highest BCUT2D eigenvalue weighted by atomic mass is 127. The Morgan fingerprint density at radius 1 is 1.15 bits per heavy atom. The van der Waals surface area contributed by atoms with E-state index < -0.39 is 0 Å². The van der Waals surface area contributed by atoms with Crippen LogP contribution in [0.5, 0.6) is 5.75 Å². The van der Waals surface area contributed by atoms with Gasteiger partial charge in [0.05, 0.1) is 19.2 Å². The SMILES string of the molecule is COc1ccc(C)cc1NC(=O)CC(C)=NNC(=O)c1ccc(I)cc1. The lowest BCUT2D eigenvalue weighted by Crippen LogP contribution is -2.21. The van der Waals surface area contributed by atoms with Gasteiger partial charge < -0.3 is 10.1 Å². The average Bonchev–Trinajstić information content (AvgIpc) is 2.60. The van der Waals surface area contributed by atoms with Crippen molar-refractivity contribution in [1.82, 2.24) is 5.43 Å². The van der Waals surface area contributed by atoms with E-state index in [1.54, 1.807) is 32.2 Å². The first-order valence-electron chi connectivity index (χ1n) is 7.92. The Morgan fingerprint density at radius 2 is 1.85 bits per heavy atom. The second-order valence-corrected chi connectivity index (χ2v) is 6.97. The van der Waals surface area contributed by atoms with E-state index in [1.807, 2.05) is 31.2 Å². The molecule has 0 heterocycles. The van der Waals surface area contributed by atoms with Crippen LogP contribution in [0, 0.1) is 10.5 Å². The maximum Gasteiger partial charge on any atom is 0.271 e. The first-order valence-corrected chi connectivity index (χ1v) is 9.00. The Kier molecular flexibility index (Phi) is 7.14. The minimum Gasteiger partial charge on any atom is -0.495 e. The maximum atomic E-state index is 12.2. The van der Waals surface area contributed by atoms with Gasteiger partial charge in [-0.25, -0.2) is 5.43 Å². The summed E-state index contributed by atoms with van der Waals surface area (Å²) in [7, 11) is 1.55. The molecule has 136 valence electrons. The molecular weight excluding hydrogens is 445 g/mol. The molecule has 0 aliphatic heterocycles. The minimum absolute atomic E-state index is 0.0596. The monoisotopic (exact) mass is 465 g/mol. The lowest BCUT2D eigenvalue weighted by Gasteiger charge is -2.11. The number of halogens is 1. The highest BCUT2D eigenvalue weighted by molar-refractivity contribution is 14.1. The number of anilines is 1. The fourth-order valence-corrected chi connectivity index (χ4v) is 2.56. The molecule has 2 amide bonds. The number of carbonyl (C=O) groups excluding carboxylic acids is 2. The number of nitrogens with zero attached hydrogens (tertiary/aromatic N) is 1. The first-order chi connectivity index (χ1) is 12.4. The van der Waals surface area contributed by atoms with E-state index in [-0.39, 0.29) is 18.2 Å². The van der Waals surface area contributed by atoms with E-state index in [0.29, 0.717) is 22.7 Å². The summed E-state index contributed by atoms with van der Waals surface area (Å²) < 4.78 is 6.28. The van der Waals surface area contributed by atoms with Gasteiger partial charge in [0.2, 0.25) is 5.91 Å². The third-order valence-corrected chi connectivity index (χ3v) is 4.22. The number of nitrogens with one attached hydrogen (secondary N) is 2. The first kappa shape index (κ1) is 19.9. The summed E-state index contributed by atoms with van der Waals surface area (Å²) in [5.41, 5.74) is 5.08. The molecule has 7 heteroatoms. The largest absolute Gasteiger partial charge is 0.495 e. The summed E-state index contributed by atoms with van der Waals surface area (Å²) >= 11 is 2.17. The van der Waals surface area contributed by atoms with Gasteiger partial charge in [0.25, 0.3) is 5.91 Å². The minimum atomic E-state index is -0.318. The maximum absolute atomic E-state index is 12.2. The number of rotatable bonds is 6. The molecule has 0 aliphatic carbocycles. The molecule has 0 saturated carbocycles. The van der Waals surface area contributed by atoms with Crippen molar-refractivity contribution in [1.29, 1.82) is 0 Å². The van der Waals surface area contributed by atoms with Crippen molar-refractivity contribution < 1.29 is 14.3 Å². The second kappa shape index (κ2) is 9.33. The zero-order valence-corrected chi connectivity index (χ0v) is 17.0. The van der Waals surface area contributed by atoms with Crippen LogP contribution in [0.15, 0.2) is 47.6 Å². The van der Waals surface area contributed by atoms with E-state index in [2.05, 4.69) is 38.4 Å². The zero-order valence-electron chi connectivity index (χ0n) is 14.8. The lowest BCUT2D eigenvalue weighted by atomic mass is 10.2. The molecule has 0 saturated heterocycles. The van der Waals surface area contributed by atoms with Crippen LogP contribution in [0.25, 0.3) is 0 Å². The molecule has 0 aliphatic rings. The number of amides is 2. The molecule has 0 radical (unpaired) electrons. The summed E-state index contributed by atoms with van der Waals surface area (Å²) in [4.78, 5) is 24.2. The molecule has 26 heavy (non-hydrogen) atoms. The van der Waals surface area contributed by atoms with Crippen LogP contribution < -0.4 is 15.5 Å². The van der Waals surface area contributed by atoms with Crippen LogP contribution in [0.2, 0.25) is 0 Å². The summed E-state index contributed by atoms with van der Waals surface area (Å²) in [6, 6.07) is 12.7. The third-order valence-electron chi connectivity index (χ3n) is 3.50. The Labute approximate surface area is 166 Å². The smallest absolute Gasteiger partial charge is 0.271 e. The second-order valence-electron chi connectivity index (χ2n) is 5.72. The topological polar surface area (TPSA) is 79.8 Å². The van der Waals surface area contributed by atoms with Crippen LogP contribution in [0.4, 0.5) is 5.69 Å². The van der Waals surface area contributed by atoms with Crippen LogP contribution in [-0.2, 0) is 4.79 Å². The number of benzene rings is 2. The van der Waals surface area contributed by atoms with Gasteiger partial charge in [-0.3, -0.25) is 9.59 Å². The van der Waals surface area contributed by atoms with Crippen molar-refractivity contribution in [3.05, 3.63) is 57.2 Å². The molecular formula is C19H20IN3O3. The normalized spacial score (nSPS) is 11.0. The van der Waals surface area contributed by atoms with Crippen molar-refractivity contribution in [2.75, 3.05) is 12.4 Å². The fourth-order valence-electron chi connectivity index (χ4n) is 2.20. The van der Waals surface area contributed by atoms with Gasteiger partial charge in [0.15, 0.2) is 0 Å². The van der Waals surface area contributed by atoms with Crippen molar-refractivity contribution in [2.45, 2.75) is 20.3 Å². The van der Waals surface area contributed by atoms with Crippen LogP contribution in [0.3, 0.4) is 0 Å². The quantitative estimate of drug-likeness (QED) is 0.388. The summed E-state index contributed by atoms with van der Waals surface area (Å²) in [6.45, 7) is 3.61. The van der Waals surface area contributed by atoms with Crippen LogP contribution in [-0.4, -0.2) is 24.6 Å². The van der Waals surface area contributed by atoms with Gasteiger partial charge in [-0.15, -0.1) is 0 Å². The zero-order chi connectivity index (χ0) is 19.1. The van der Waals surface area contributed by atoms with E-state index in [0.717, 1.165) is 9.13 Å². The summed E-state index contributed by atoms with van der Waals surface area (Å²) in [5, 5.41) is 6.79. The van der Waals surface area contributed by atoms with Crippen molar-refractivity contribution >= 4 is 45.8 Å². The van der Waals surface area contributed by atoms with Crippen molar-refractivity contribution in [3.63, 3.8) is 0 Å². The van der Waals surface area contributed by atoms with Crippen LogP contribution >= 0.6 is 22.6 Å². The number of ether oxygens (including phenoxy) is 1. The van der Waals surface area contributed by atoms with Gasteiger partial charge in [-0.1, -0.05) is 6.07 Å². The van der Waals surface area contributed by atoms with Gasteiger partial charge in [-0.05, 0) is 78.4 Å². The van der Waals surface area contributed by atoms with E-state index in [4.69, 9.17) is 4.74 Å². The number of hydrogen-bond acceptors (Lipinski definition) is 4. The number of aryl methyl sites for hydroxylation is 1. The molecule has 0 bridgehead atoms. The van der Waals surface area contributed by atoms with Gasteiger partial charge >= 0.3 is 0 Å². The molecule has 0 spiro atoms. The predicted octanol–water partition coefficient (Wildman–Crippen LogP) is 3.74. The molecule has 2 aromatic carbocycles. The molecule has 0 fully saturated rings. The Morgan fingerprint density at radius 3 is 2.50 bits per heavy atom. The Hall–Kier alpha value is -2.42. The number of hydrazone groups is 1. The van der Waals surface area contributed by atoms with Gasteiger partial charge in [-0.2, -0.15) is 5.10 Å². The van der Waals surface area contributed by atoms with Gasteiger partial charge in [0, 0.05) is 14.8 Å². The molecule has 0 aromatic heterocycles. The third kappa shape index (κ3) is 5.83. The lowest BCUT2D eigenvalue weighted by molar-refractivity contribution is -0.115. The number of methoxy groups -OCH3 is 1. The number of carbonyl (C=O) groups is 2. The fraction of sp³-hybridized carbons (Fsp3) is 0.211. The molecule has 0 atom stereocenters. The Balaban J connectivity index is 1.94. The summed E-state index contributed by atoms with van der Waals surface area (Å²) in [6.07, 6.45) is 0.0596. The van der Waals surface area contributed by atoms with Crippen molar-refractivity contribution in [3.8, 4) is 5.75 Å².